The fraction of sp³-hybridized carbons (Fsp3) is 0.500. The maximum Gasteiger partial charge on any atom is 0.331 e. The molecule has 0 aromatic carbocycles. The number of hydrogen-bond acceptors (Lipinski definition) is 5. The topological polar surface area (TPSA) is 84.5 Å². The van der Waals surface area contributed by atoms with Crippen LogP contribution in [0.25, 0.3) is 0 Å². The molecule has 2 rings (SSSR count). The molecule has 2 amide bonds. The van der Waals surface area contributed by atoms with Crippen molar-refractivity contribution in [3.05, 3.63) is 18.7 Å². The van der Waals surface area contributed by atoms with E-state index in [1.165, 1.54) is 11.3 Å². The van der Waals surface area contributed by atoms with Gasteiger partial charge < -0.3 is 15.4 Å². The Morgan fingerprint density at radius 1 is 1.30 bits per heavy atom. The molecule has 0 radical (unpaired) electrons. The Morgan fingerprint density at radius 2 is 1.96 bits per heavy atom. The van der Waals surface area contributed by atoms with Crippen molar-refractivity contribution < 1.29 is 19.1 Å². The first-order valence-electron chi connectivity index (χ1n) is 7.01. The van der Waals surface area contributed by atoms with Crippen molar-refractivity contribution in [1.82, 2.24) is 10.6 Å². The number of carbonyl (C=O) groups excluding carboxylic acids is 3. The monoisotopic (exact) mass is 466 g/mol. The van der Waals surface area contributed by atoms with Crippen LogP contribution in [0.4, 0.5) is 0 Å². The van der Waals surface area contributed by atoms with Crippen molar-refractivity contribution in [3.63, 3.8) is 0 Å². The van der Waals surface area contributed by atoms with Crippen molar-refractivity contribution in [2.45, 2.75) is 32.2 Å². The van der Waals surface area contributed by atoms with Gasteiger partial charge in [-0.25, -0.2) is 4.79 Å². The molecular weight excluding hydrogens is 452 g/mol. The van der Waals surface area contributed by atoms with Crippen LogP contribution >= 0.6 is 43.2 Å². The molecule has 0 saturated heterocycles. The summed E-state index contributed by atoms with van der Waals surface area (Å²) in [5.41, 5.74) is -0.0899. The van der Waals surface area contributed by atoms with Gasteiger partial charge in [0, 0.05) is 4.47 Å². The van der Waals surface area contributed by atoms with Crippen LogP contribution in [0.15, 0.2) is 8.26 Å². The summed E-state index contributed by atoms with van der Waals surface area (Å²) in [4.78, 5) is 36.4. The summed E-state index contributed by atoms with van der Waals surface area (Å²) < 4.78 is 6.60. The van der Waals surface area contributed by atoms with E-state index in [4.69, 9.17) is 4.74 Å². The second-order valence-electron chi connectivity index (χ2n) is 5.18. The van der Waals surface area contributed by atoms with Gasteiger partial charge in [-0.3, -0.25) is 9.59 Å². The Labute approximate surface area is 154 Å². The van der Waals surface area contributed by atoms with Gasteiger partial charge in [0.05, 0.1) is 21.8 Å². The van der Waals surface area contributed by atoms with Crippen LogP contribution in [-0.4, -0.2) is 36.5 Å². The van der Waals surface area contributed by atoms with Gasteiger partial charge in [0.2, 0.25) is 5.91 Å². The highest BCUT2D eigenvalue weighted by molar-refractivity contribution is 9.13. The van der Waals surface area contributed by atoms with Crippen LogP contribution in [0.2, 0.25) is 0 Å². The molecule has 2 N–H and O–H groups in total. The molecule has 0 unspecified atom stereocenters. The van der Waals surface area contributed by atoms with Gasteiger partial charge in [0.15, 0.2) is 0 Å². The molecule has 0 aliphatic heterocycles. The Balaban J connectivity index is 1.88. The number of hydrogen-bond donors (Lipinski definition) is 2. The van der Waals surface area contributed by atoms with E-state index >= 15 is 0 Å². The molecule has 23 heavy (non-hydrogen) atoms. The molecule has 1 heterocycles. The summed E-state index contributed by atoms with van der Waals surface area (Å²) in [6.07, 6.45) is 1.13. The zero-order chi connectivity index (χ0) is 17.2. The summed E-state index contributed by atoms with van der Waals surface area (Å²) in [5.74, 6) is -1.15. The molecule has 1 aliphatic rings. The highest BCUT2D eigenvalue weighted by atomic mass is 79.9. The van der Waals surface area contributed by atoms with Crippen LogP contribution < -0.4 is 10.6 Å². The van der Waals surface area contributed by atoms with Crippen LogP contribution in [-0.2, 0) is 14.3 Å². The van der Waals surface area contributed by atoms with E-state index in [-0.39, 0.29) is 19.1 Å². The normalized spacial score (nSPS) is 15.0. The third-order valence-electron chi connectivity index (χ3n) is 3.44. The molecular formula is C14H16Br2N2O4S. The molecule has 0 spiro atoms. The van der Waals surface area contributed by atoms with E-state index in [2.05, 4.69) is 42.5 Å². The first kappa shape index (κ1) is 18.4. The second kappa shape index (κ2) is 7.31. The molecule has 1 fully saturated rings. The van der Waals surface area contributed by atoms with Crippen molar-refractivity contribution in [1.29, 1.82) is 0 Å². The van der Waals surface area contributed by atoms with E-state index in [1.54, 1.807) is 6.92 Å². The van der Waals surface area contributed by atoms with E-state index in [0.717, 1.165) is 13.8 Å². The Bertz CT molecular complexity index is 655. The lowest BCUT2D eigenvalue weighted by atomic mass is 10.2. The number of halogens is 2. The van der Waals surface area contributed by atoms with E-state index in [9.17, 15) is 14.4 Å². The minimum Gasteiger partial charge on any atom is -0.464 e. The van der Waals surface area contributed by atoms with Gasteiger partial charge in [-0.2, -0.15) is 0 Å². The van der Waals surface area contributed by atoms with Crippen molar-refractivity contribution >= 4 is 61.0 Å². The lowest BCUT2D eigenvalue weighted by molar-refractivity contribution is -0.148. The highest BCUT2D eigenvalue weighted by Gasteiger charge is 2.52. The molecule has 1 aromatic rings. The molecule has 1 saturated carbocycles. The standard InChI is InChI=1S/C14H16Br2N2O4S/c1-3-22-13(21)14(4-5-14)18-8(19)6-17-12(20)10-7(2)9(15)11(16)23-10/h3-6H2,1-2H3,(H,17,20)(H,18,19). The molecule has 0 bridgehead atoms. The molecule has 1 aromatic heterocycles. The van der Waals surface area contributed by atoms with E-state index in [1.807, 2.05) is 6.92 Å². The van der Waals surface area contributed by atoms with Crippen molar-refractivity contribution in [2.24, 2.45) is 0 Å². The number of nitrogens with one attached hydrogen (secondary N) is 2. The molecule has 0 atom stereocenters. The fourth-order valence-electron chi connectivity index (χ4n) is 2.00. The Morgan fingerprint density at radius 3 is 2.43 bits per heavy atom. The lowest BCUT2D eigenvalue weighted by Gasteiger charge is -2.15. The molecule has 1 aliphatic carbocycles. The second-order valence-corrected chi connectivity index (χ2v) is 8.31. The number of amides is 2. The van der Waals surface area contributed by atoms with Crippen LogP contribution in [0.3, 0.4) is 0 Å². The van der Waals surface area contributed by atoms with Crippen molar-refractivity contribution in [3.8, 4) is 0 Å². The first-order chi connectivity index (χ1) is 10.8. The third-order valence-corrected chi connectivity index (χ3v) is 7.19. The number of rotatable bonds is 6. The predicted octanol–water partition coefficient (Wildman–Crippen LogP) is 2.52. The van der Waals surface area contributed by atoms with Crippen LogP contribution in [0.1, 0.15) is 35.0 Å². The van der Waals surface area contributed by atoms with Crippen molar-refractivity contribution in [2.75, 3.05) is 13.2 Å². The average Bonchev–Trinajstić information content (AvgIpc) is 3.24. The fourth-order valence-corrected chi connectivity index (χ4v) is 4.20. The quantitative estimate of drug-likeness (QED) is 0.629. The largest absolute Gasteiger partial charge is 0.464 e. The summed E-state index contributed by atoms with van der Waals surface area (Å²) >= 11 is 8.02. The van der Waals surface area contributed by atoms with Gasteiger partial charge in [-0.1, -0.05) is 0 Å². The zero-order valence-corrected chi connectivity index (χ0v) is 16.6. The summed E-state index contributed by atoms with van der Waals surface area (Å²) in [6.45, 7) is 3.62. The van der Waals surface area contributed by atoms with Crippen LogP contribution in [0.5, 0.6) is 0 Å². The highest BCUT2D eigenvalue weighted by Crippen LogP contribution is 2.37. The average molecular weight is 468 g/mol. The summed E-state index contributed by atoms with van der Waals surface area (Å²) in [7, 11) is 0. The van der Waals surface area contributed by atoms with Gasteiger partial charge in [-0.05, 0) is 64.1 Å². The first-order valence-corrected chi connectivity index (χ1v) is 9.42. The van der Waals surface area contributed by atoms with Gasteiger partial charge in [-0.15, -0.1) is 11.3 Å². The molecule has 6 nitrogen and oxygen atoms in total. The van der Waals surface area contributed by atoms with Crippen LogP contribution in [0, 0.1) is 6.92 Å². The SMILES string of the molecule is CCOC(=O)C1(NC(=O)CNC(=O)c2sc(Br)c(Br)c2C)CC1. The minimum absolute atomic E-state index is 0.188. The van der Waals surface area contributed by atoms with E-state index < -0.39 is 17.4 Å². The van der Waals surface area contributed by atoms with Gasteiger partial charge >= 0.3 is 5.97 Å². The molecule has 126 valence electrons. The third kappa shape index (κ3) is 4.13. The minimum atomic E-state index is -0.900. The Kier molecular flexibility index (Phi) is 5.85. The zero-order valence-electron chi connectivity index (χ0n) is 12.6. The Hall–Kier alpha value is -0.930. The maximum atomic E-state index is 12.1. The molecule has 9 heteroatoms. The smallest absolute Gasteiger partial charge is 0.331 e. The lowest BCUT2D eigenvalue weighted by Crippen LogP contribution is -2.48. The van der Waals surface area contributed by atoms with Gasteiger partial charge in [0.25, 0.3) is 5.91 Å². The summed E-state index contributed by atoms with van der Waals surface area (Å²) in [5, 5.41) is 5.21. The number of ether oxygens (including phenoxy) is 1. The number of esters is 1. The van der Waals surface area contributed by atoms with E-state index in [0.29, 0.717) is 17.7 Å². The maximum absolute atomic E-state index is 12.1. The van der Waals surface area contributed by atoms with Gasteiger partial charge in [0.1, 0.15) is 5.54 Å². The number of carbonyl (C=O) groups is 3. The number of thiophene rings is 1. The summed E-state index contributed by atoms with van der Waals surface area (Å²) in [6, 6.07) is 0. The predicted molar refractivity (Wildman–Crippen MR) is 93.5 cm³/mol.